The maximum Gasteiger partial charge on any atom is 0.138 e. The lowest BCUT2D eigenvalue weighted by Crippen LogP contribution is -1.85. The molecule has 1 nitrogen and oxygen atoms in total. The summed E-state index contributed by atoms with van der Waals surface area (Å²) < 4.78 is 0. The fourth-order valence-corrected chi connectivity index (χ4v) is 2.51. The van der Waals surface area contributed by atoms with Crippen molar-refractivity contribution in [1.82, 2.24) is 0 Å². The first-order valence-corrected chi connectivity index (χ1v) is 8.40. The van der Waals surface area contributed by atoms with E-state index in [4.69, 9.17) is 5.26 Å². The Morgan fingerprint density at radius 1 is 0.864 bits per heavy atom. The second-order valence-electron chi connectivity index (χ2n) is 5.12. The minimum Gasteiger partial charge on any atom is -0.185 e. The highest BCUT2D eigenvalue weighted by molar-refractivity contribution is 8.03. The quantitative estimate of drug-likeness (QED) is 0.320. The maximum absolute atomic E-state index is 8.62. The average molecular weight is 305 g/mol. The van der Waals surface area contributed by atoms with Gasteiger partial charge in [-0.05, 0) is 66.6 Å². The predicted molar refractivity (Wildman–Crippen MR) is 93.6 cm³/mol. The Bertz CT molecular complexity index is 682. The smallest absolute Gasteiger partial charge is 0.138 e. The molecule has 0 heterocycles. The van der Waals surface area contributed by atoms with Crippen molar-refractivity contribution in [2.75, 3.05) is 0 Å². The van der Waals surface area contributed by atoms with Crippen LogP contribution in [-0.4, -0.2) is 0 Å². The first kappa shape index (κ1) is 16.2. The van der Waals surface area contributed by atoms with E-state index in [-0.39, 0.29) is 0 Å². The van der Waals surface area contributed by atoms with E-state index in [0.29, 0.717) is 0 Å². The van der Waals surface area contributed by atoms with E-state index >= 15 is 0 Å². The maximum atomic E-state index is 8.62. The summed E-state index contributed by atoms with van der Waals surface area (Å²) in [5.74, 6) is 6.34. The number of nitrogens with zero attached hydrogens (tertiary/aromatic N) is 1. The summed E-state index contributed by atoms with van der Waals surface area (Å²) in [5.41, 5.74) is 3.39. The Kier molecular flexibility index (Phi) is 6.62. The van der Waals surface area contributed by atoms with E-state index in [1.165, 1.54) is 36.6 Å². The molecule has 22 heavy (non-hydrogen) atoms. The van der Waals surface area contributed by atoms with Crippen LogP contribution in [0.15, 0.2) is 53.4 Å². The highest BCUT2D eigenvalue weighted by Gasteiger charge is 1.94. The van der Waals surface area contributed by atoms with Gasteiger partial charge in [-0.15, -0.1) is 0 Å². The summed E-state index contributed by atoms with van der Waals surface area (Å²) in [6, 6.07) is 16.3. The molecule has 110 valence electrons. The topological polar surface area (TPSA) is 23.8 Å². The van der Waals surface area contributed by atoms with Crippen molar-refractivity contribution in [3.05, 3.63) is 65.2 Å². The zero-order chi connectivity index (χ0) is 15.6. The van der Waals surface area contributed by atoms with Crippen LogP contribution < -0.4 is 0 Å². The predicted octanol–water partition coefficient (Wildman–Crippen LogP) is 5.39. The second kappa shape index (κ2) is 8.98. The molecule has 2 aromatic carbocycles. The number of hydrogen-bond donors (Lipinski definition) is 0. The highest BCUT2D eigenvalue weighted by atomic mass is 32.2. The van der Waals surface area contributed by atoms with Crippen LogP contribution in [0.1, 0.15) is 42.9 Å². The Labute approximate surface area is 137 Å². The highest BCUT2D eigenvalue weighted by Crippen LogP contribution is 2.16. The third-order valence-corrected chi connectivity index (χ3v) is 3.99. The van der Waals surface area contributed by atoms with Gasteiger partial charge in [0, 0.05) is 16.0 Å². The van der Waals surface area contributed by atoms with Gasteiger partial charge in [0.1, 0.15) is 5.40 Å². The van der Waals surface area contributed by atoms with Crippen molar-refractivity contribution < 1.29 is 0 Å². The van der Waals surface area contributed by atoms with Crippen molar-refractivity contribution in [3.8, 4) is 17.2 Å². The average Bonchev–Trinajstić information content (AvgIpc) is 2.56. The van der Waals surface area contributed by atoms with E-state index in [1.807, 2.05) is 24.3 Å². The summed E-state index contributed by atoms with van der Waals surface area (Å²) in [6.45, 7) is 2.23. The molecule has 0 aliphatic carbocycles. The third-order valence-electron chi connectivity index (χ3n) is 3.39. The summed E-state index contributed by atoms with van der Waals surface area (Å²) in [6.07, 6.45) is 4.96. The van der Waals surface area contributed by atoms with Crippen LogP contribution in [-0.2, 0) is 6.42 Å². The zero-order valence-corrected chi connectivity index (χ0v) is 13.6. The van der Waals surface area contributed by atoms with Gasteiger partial charge in [-0.2, -0.15) is 5.26 Å². The number of thiocyanates is 1. The van der Waals surface area contributed by atoms with Crippen LogP contribution in [0.3, 0.4) is 0 Å². The summed E-state index contributed by atoms with van der Waals surface area (Å²) in [4.78, 5) is 0.949. The van der Waals surface area contributed by atoms with E-state index in [2.05, 4.69) is 48.4 Å². The van der Waals surface area contributed by atoms with Crippen molar-refractivity contribution in [2.45, 2.75) is 37.5 Å². The second-order valence-corrected chi connectivity index (χ2v) is 5.98. The van der Waals surface area contributed by atoms with Crippen molar-refractivity contribution in [3.63, 3.8) is 0 Å². The first-order valence-electron chi connectivity index (χ1n) is 7.59. The van der Waals surface area contributed by atoms with E-state index in [1.54, 1.807) is 0 Å². The molecule has 0 aliphatic rings. The minimum atomic E-state index is 0.949. The Morgan fingerprint density at radius 3 is 2.00 bits per heavy atom. The molecule has 0 N–H and O–H groups in total. The number of aryl methyl sites for hydroxylation is 1. The standard InChI is InChI=1S/C20H19NS/c1-2-3-4-5-17-6-8-18(9-7-17)10-11-19-12-14-20(15-13-19)22-16-21/h6-9,12-15H,2-5H2,1H3. The van der Waals surface area contributed by atoms with Gasteiger partial charge in [0.15, 0.2) is 0 Å². The van der Waals surface area contributed by atoms with Crippen LogP contribution >= 0.6 is 11.8 Å². The Balaban J connectivity index is 1.97. The number of thioether (sulfide) groups is 1. The normalized spacial score (nSPS) is 9.64. The molecule has 0 radical (unpaired) electrons. The summed E-state index contributed by atoms with van der Waals surface area (Å²) in [7, 11) is 0. The molecule has 0 atom stereocenters. The molecule has 0 unspecified atom stereocenters. The molecule has 0 aliphatic heterocycles. The van der Waals surface area contributed by atoms with E-state index in [9.17, 15) is 0 Å². The lowest BCUT2D eigenvalue weighted by molar-refractivity contribution is 0.717. The molecule has 2 aromatic rings. The van der Waals surface area contributed by atoms with Gasteiger partial charge >= 0.3 is 0 Å². The molecule has 0 saturated carbocycles. The van der Waals surface area contributed by atoms with Crippen LogP contribution in [0.5, 0.6) is 0 Å². The van der Waals surface area contributed by atoms with E-state index in [0.717, 1.165) is 22.4 Å². The largest absolute Gasteiger partial charge is 0.185 e. The van der Waals surface area contributed by atoms with Crippen LogP contribution in [0.4, 0.5) is 0 Å². The lowest BCUT2D eigenvalue weighted by atomic mass is 10.1. The zero-order valence-electron chi connectivity index (χ0n) is 12.8. The number of nitriles is 1. The number of benzene rings is 2. The third kappa shape index (κ3) is 5.32. The summed E-state index contributed by atoms with van der Waals surface area (Å²) >= 11 is 1.17. The monoisotopic (exact) mass is 305 g/mol. The molecule has 0 fully saturated rings. The Hall–Kier alpha value is -2.16. The molecule has 0 bridgehead atoms. The fourth-order valence-electron chi connectivity index (χ4n) is 2.14. The number of unbranched alkanes of at least 4 members (excludes halogenated alkanes) is 2. The van der Waals surface area contributed by atoms with Gasteiger partial charge in [-0.3, -0.25) is 0 Å². The minimum absolute atomic E-state index is 0.949. The molecule has 0 saturated heterocycles. The molecule has 0 aromatic heterocycles. The molecule has 2 rings (SSSR count). The Morgan fingerprint density at radius 2 is 1.45 bits per heavy atom. The van der Waals surface area contributed by atoms with E-state index < -0.39 is 0 Å². The van der Waals surface area contributed by atoms with Gasteiger partial charge in [0.2, 0.25) is 0 Å². The molecular formula is C20H19NS. The first-order chi connectivity index (χ1) is 10.8. The van der Waals surface area contributed by atoms with Gasteiger partial charge in [0.25, 0.3) is 0 Å². The molecule has 0 amide bonds. The fraction of sp³-hybridized carbons (Fsp3) is 0.250. The van der Waals surface area contributed by atoms with Gasteiger partial charge in [-0.1, -0.05) is 43.7 Å². The van der Waals surface area contributed by atoms with Gasteiger partial charge < -0.3 is 0 Å². The summed E-state index contributed by atoms with van der Waals surface area (Å²) in [5, 5.41) is 10.7. The number of rotatable bonds is 5. The van der Waals surface area contributed by atoms with Gasteiger partial charge in [0.05, 0.1) is 0 Å². The van der Waals surface area contributed by atoms with Crippen LogP contribution in [0.2, 0.25) is 0 Å². The SMILES string of the molecule is CCCCCc1ccc(C#Cc2ccc(SC#N)cc2)cc1. The van der Waals surface area contributed by atoms with Crippen molar-refractivity contribution in [1.29, 1.82) is 5.26 Å². The van der Waals surface area contributed by atoms with Crippen LogP contribution in [0.25, 0.3) is 0 Å². The van der Waals surface area contributed by atoms with Crippen molar-refractivity contribution in [2.24, 2.45) is 0 Å². The van der Waals surface area contributed by atoms with Crippen molar-refractivity contribution >= 4 is 11.8 Å². The molecule has 0 spiro atoms. The van der Waals surface area contributed by atoms with Crippen LogP contribution in [0, 0.1) is 22.5 Å². The molecule has 2 heteroatoms. The van der Waals surface area contributed by atoms with Gasteiger partial charge in [-0.25, -0.2) is 0 Å². The molecular weight excluding hydrogens is 286 g/mol. The lowest BCUT2D eigenvalue weighted by Gasteiger charge is -2.00. The number of hydrogen-bond acceptors (Lipinski definition) is 2.